The summed E-state index contributed by atoms with van der Waals surface area (Å²) in [7, 11) is 0. The minimum Gasteiger partial charge on any atom is -0.322 e. The first-order chi connectivity index (χ1) is 8.88. The second kappa shape index (κ2) is 6.70. The summed E-state index contributed by atoms with van der Waals surface area (Å²) in [6, 6.07) is -0.167. The molecule has 0 unspecified atom stereocenters. The zero-order valence-corrected chi connectivity index (χ0v) is 12.7. The van der Waals surface area contributed by atoms with Crippen LogP contribution in [0.25, 0.3) is 0 Å². The molecule has 1 rings (SSSR count). The Morgan fingerprint density at radius 2 is 2.05 bits per heavy atom. The molecule has 3 N–H and O–H groups in total. The Labute approximate surface area is 115 Å². The molecule has 19 heavy (non-hydrogen) atoms. The van der Waals surface area contributed by atoms with Crippen LogP contribution in [0.4, 0.5) is 5.69 Å². The van der Waals surface area contributed by atoms with E-state index in [1.54, 1.807) is 0 Å². The standard InChI is InChI=1S/C14H26N4O/c1-6-7-8-12(15)14(19)16-13-10(4)17-18(9(2)3)11(13)5/h9,12H,6-8,15H2,1-5H3,(H,16,19)/t12-/m0/s1. The van der Waals surface area contributed by atoms with Crippen LogP contribution in [0.1, 0.15) is 57.5 Å². The van der Waals surface area contributed by atoms with Crippen LogP contribution in [-0.2, 0) is 4.79 Å². The van der Waals surface area contributed by atoms with Crippen LogP contribution in [0.3, 0.4) is 0 Å². The molecule has 0 fully saturated rings. The van der Waals surface area contributed by atoms with Gasteiger partial charge in [0, 0.05) is 6.04 Å². The fourth-order valence-corrected chi connectivity index (χ4v) is 2.12. The second-order valence-electron chi connectivity index (χ2n) is 5.32. The molecule has 0 saturated heterocycles. The highest BCUT2D eigenvalue weighted by Crippen LogP contribution is 2.22. The predicted molar refractivity (Wildman–Crippen MR) is 78.2 cm³/mol. The van der Waals surface area contributed by atoms with Crippen molar-refractivity contribution in [3.63, 3.8) is 0 Å². The number of hydrogen-bond donors (Lipinski definition) is 2. The van der Waals surface area contributed by atoms with Gasteiger partial charge in [-0.2, -0.15) is 5.10 Å². The first kappa shape index (κ1) is 15.7. The van der Waals surface area contributed by atoms with Crippen molar-refractivity contribution >= 4 is 11.6 Å². The molecule has 1 heterocycles. The maximum atomic E-state index is 12.0. The molecule has 0 aliphatic rings. The zero-order valence-electron chi connectivity index (χ0n) is 12.7. The van der Waals surface area contributed by atoms with Crippen LogP contribution in [0.15, 0.2) is 0 Å². The number of hydrogen-bond acceptors (Lipinski definition) is 3. The SMILES string of the molecule is CCCC[C@H](N)C(=O)Nc1c(C)nn(C(C)C)c1C. The van der Waals surface area contributed by atoms with Crippen molar-refractivity contribution in [1.29, 1.82) is 0 Å². The molecule has 108 valence electrons. The van der Waals surface area contributed by atoms with Crippen LogP contribution < -0.4 is 11.1 Å². The van der Waals surface area contributed by atoms with Crippen molar-refractivity contribution in [3.8, 4) is 0 Å². The maximum Gasteiger partial charge on any atom is 0.241 e. The van der Waals surface area contributed by atoms with Crippen molar-refractivity contribution in [3.05, 3.63) is 11.4 Å². The molecule has 0 radical (unpaired) electrons. The Morgan fingerprint density at radius 3 is 2.53 bits per heavy atom. The van der Waals surface area contributed by atoms with E-state index in [1.807, 2.05) is 18.5 Å². The van der Waals surface area contributed by atoms with Gasteiger partial charge in [0.05, 0.1) is 23.1 Å². The molecule has 0 aliphatic carbocycles. The summed E-state index contributed by atoms with van der Waals surface area (Å²) in [5.41, 5.74) is 8.49. The summed E-state index contributed by atoms with van der Waals surface area (Å²) >= 11 is 0. The molecule has 0 saturated carbocycles. The number of nitrogens with zero attached hydrogens (tertiary/aromatic N) is 2. The molecule has 5 heteroatoms. The Hall–Kier alpha value is -1.36. The van der Waals surface area contributed by atoms with Gasteiger partial charge in [-0.1, -0.05) is 19.8 Å². The third kappa shape index (κ3) is 3.80. The molecule has 1 aromatic heterocycles. The van der Waals surface area contributed by atoms with Gasteiger partial charge in [-0.15, -0.1) is 0 Å². The molecule has 0 aromatic carbocycles. The number of rotatable bonds is 6. The maximum absolute atomic E-state index is 12.0. The van der Waals surface area contributed by atoms with Gasteiger partial charge in [0.2, 0.25) is 5.91 Å². The summed E-state index contributed by atoms with van der Waals surface area (Å²) in [6.45, 7) is 10.1. The topological polar surface area (TPSA) is 72.9 Å². The quantitative estimate of drug-likeness (QED) is 0.831. The van der Waals surface area contributed by atoms with Crippen molar-refractivity contribution in [2.75, 3.05) is 5.32 Å². The number of carbonyl (C=O) groups excluding carboxylic acids is 1. The molecule has 0 aliphatic heterocycles. The minimum absolute atomic E-state index is 0.122. The first-order valence-corrected chi connectivity index (χ1v) is 7.00. The van der Waals surface area contributed by atoms with Crippen molar-refractivity contribution in [1.82, 2.24) is 9.78 Å². The number of amides is 1. The van der Waals surface area contributed by atoms with E-state index in [0.29, 0.717) is 0 Å². The van der Waals surface area contributed by atoms with Crippen LogP contribution >= 0.6 is 0 Å². The lowest BCUT2D eigenvalue weighted by atomic mass is 10.1. The van der Waals surface area contributed by atoms with Crippen molar-refractivity contribution in [2.24, 2.45) is 5.73 Å². The summed E-state index contributed by atoms with van der Waals surface area (Å²) in [6.07, 6.45) is 2.74. The van der Waals surface area contributed by atoms with Crippen LogP contribution in [-0.4, -0.2) is 21.7 Å². The minimum atomic E-state index is -0.443. The highest BCUT2D eigenvalue weighted by molar-refractivity contribution is 5.95. The average molecular weight is 266 g/mol. The Morgan fingerprint density at radius 1 is 1.42 bits per heavy atom. The van der Waals surface area contributed by atoms with E-state index in [0.717, 1.165) is 36.3 Å². The molecule has 1 atom stereocenters. The summed E-state index contributed by atoms with van der Waals surface area (Å²) in [5.74, 6) is -0.122. The lowest BCUT2D eigenvalue weighted by molar-refractivity contribution is -0.117. The van der Waals surface area contributed by atoms with Gasteiger partial charge >= 0.3 is 0 Å². The van der Waals surface area contributed by atoms with Crippen LogP contribution in [0.5, 0.6) is 0 Å². The molecule has 1 amide bonds. The highest BCUT2D eigenvalue weighted by atomic mass is 16.2. The Balaban J connectivity index is 2.79. The van der Waals surface area contributed by atoms with E-state index in [1.165, 1.54) is 0 Å². The van der Waals surface area contributed by atoms with Gasteiger partial charge in [0.15, 0.2) is 0 Å². The van der Waals surface area contributed by atoms with Gasteiger partial charge in [0.25, 0.3) is 0 Å². The van der Waals surface area contributed by atoms with Crippen LogP contribution in [0.2, 0.25) is 0 Å². The largest absolute Gasteiger partial charge is 0.322 e. The summed E-state index contributed by atoms with van der Waals surface area (Å²) in [5, 5.41) is 7.36. The number of unbranched alkanes of at least 4 members (excludes halogenated alkanes) is 1. The molecule has 5 nitrogen and oxygen atoms in total. The van der Waals surface area contributed by atoms with Crippen molar-refractivity contribution in [2.45, 2.75) is 66.0 Å². The van der Waals surface area contributed by atoms with Gasteiger partial charge in [-0.05, 0) is 34.1 Å². The summed E-state index contributed by atoms with van der Waals surface area (Å²) in [4.78, 5) is 12.0. The highest BCUT2D eigenvalue weighted by Gasteiger charge is 2.18. The molecule has 0 spiro atoms. The number of aryl methyl sites for hydroxylation is 1. The number of anilines is 1. The lowest BCUT2D eigenvalue weighted by Crippen LogP contribution is -2.35. The van der Waals surface area contributed by atoms with Gasteiger partial charge in [-0.3, -0.25) is 9.48 Å². The zero-order chi connectivity index (χ0) is 14.6. The van der Waals surface area contributed by atoms with E-state index in [2.05, 4.69) is 31.2 Å². The lowest BCUT2D eigenvalue weighted by Gasteiger charge is -2.13. The normalized spacial score (nSPS) is 12.8. The molecule has 1 aromatic rings. The third-order valence-electron chi connectivity index (χ3n) is 3.27. The molecular formula is C14H26N4O. The van der Waals surface area contributed by atoms with E-state index in [9.17, 15) is 4.79 Å². The van der Waals surface area contributed by atoms with Gasteiger partial charge in [-0.25, -0.2) is 0 Å². The number of nitrogens with one attached hydrogen (secondary N) is 1. The first-order valence-electron chi connectivity index (χ1n) is 7.00. The fourth-order valence-electron chi connectivity index (χ4n) is 2.12. The monoisotopic (exact) mass is 266 g/mol. The third-order valence-corrected chi connectivity index (χ3v) is 3.27. The number of aromatic nitrogens is 2. The second-order valence-corrected chi connectivity index (χ2v) is 5.32. The molecular weight excluding hydrogens is 240 g/mol. The van der Waals surface area contributed by atoms with Gasteiger partial charge < -0.3 is 11.1 Å². The van der Waals surface area contributed by atoms with Crippen LogP contribution in [0, 0.1) is 13.8 Å². The van der Waals surface area contributed by atoms with Gasteiger partial charge in [0.1, 0.15) is 0 Å². The number of carbonyl (C=O) groups is 1. The Bertz CT molecular complexity index is 437. The van der Waals surface area contributed by atoms with E-state index < -0.39 is 6.04 Å². The average Bonchev–Trinajstić information content (AvgIpc) is 2.63. The van der Waals surface area contributed by atoms with Crippen molar-refractivity contribution < 1.29 is 4.79 Å². The van der Waals surface area contributed by atoms with E-state index in [4.69, 9.17) is 5.73 Å². The number of nitrogens with two attached hydrogens (primary N) is 1. The molecule has 0 bridgehead atoms. The Kier molecular flexibility index (Phi) is 5.54. The fraction of sp³-hybridized carbons (Fsp3) is 0.714. The predicted octanol–water partition coefficient (Wildman–Crippen LogP) is 2.54. The smallest absolute Gasteiger partial charge is 0.241 e. The van der Waals surface area contributed by atoms with E-state index in [-0.39, 0.29) is 11.9 Å². The summed E-state index contributed by atoms with van der Waals surface area (Å²) < 4.78 is 1.92. The van der Waals surface area contributed by atoms with E-state index >= 15 is 0 Å².